The van der Waals surface area contributed by atoms with E-state index in [4.69, 9.17) is 4.74 Å². The average Bonchev–Trinajstić information content (AvgIpc) is 2.83. The Labute approximate surface area is 177 Å². The van der Waals surface area contributed by atoms with Gasteiger partial charge in [0.25, 0.3) is 5.91 Å². The minimum atomic E-state index is -0.439. The molecule has 1 amide bonds. The van der Waals surface area contributed by atoms with Crippen LogP contribution in [-0.2, 0) is 9.53 Å². The van der Waals surface area contributed by atoms with Gasteiger partial charge in [-0.25, -0.2) is 9.78 Å². The van der Waals surface area contributed by atoms with Crippen LogP contribution in [0.15, 0.2) is 48.7 Å². The van der Waals surface area contributed by atoms with Gasteiger partial charge in [0.1, 0.15) is 5.82 Å². The zero-order chi connectivity index (χ0) is 20.8. The summed E-state index contributed by atoms with van der Waals surface area (Å²) in [6.45, 7) is 2.43. The number of hydrogen-bond acceptors (Lipinski definition) is 5. The summed E-state index contributed by atoms with van der Waals surface area (Å²) in [7, 11) is 0. The summed E-state index contributed by atoms with van der Waals surface area (Å²) >= 11 is 0. The summed E-state index contributed by atoms with van der Waals surface area (Å²) in [6.07, 6.45) is 8.12. The Bertz CT molecular complexity index is 840. The van der Waals surface area contributed by atoms with E-state index < -0.39 is 5.97 Å². The van der Waals surface area contributed by atoms with E-state index in [0.717, 1.165) is 18.9 Å². The number of carbonyl (C=O) groups excluding carboxylic acids is 2. The number of rotatable bonds is 5. The minimum absolute atomic E-state index is 0.150. The molecule has 1 aromatic carbocycles. The number of piperazine rings is 1. The van der Waals surface area contributed by atoms with E-state index in [1.165, 1.54) is 37.7 Å². The molecule has 2 heterocycles. The molecule has 0 unspecified atom stereocenters. The second-order valence-corrected chi connectivity index (χ2v) is 8.09. The van der Waals surface area contributed by atoms with Gasteiger partial charge in [-0.2, -0.15) is 0 Å². The van der Waals surface area contributed by atoms with Crippen molar-refractivity contribution in [1.82, 2.24) is 9.88 Å². The Morgan fingerprint density at radius 3 is 2.33 bits per heavy atom. The fraction of sp³-hybridized carbons (Fsp3) is 0.458. The molecular formula is C24H29N3O3. The van der Waals surface area contributed by atoms with Crippen LogP contribution in [0.2, 0.25) is 0 Å². The van der Waals surface area contributed by atoms with Crippen LogP contribution < -0.4 is 4.90 Å². The normalized spacial score (nSPS) is 17.6. The fourth-order valence-corrected chi connectivity index (χ4v) is 4.35. The van der Waals surface area contributed by atoms with Gasteiger partial charge in [0.2, 0.25) is 0 Å². The molecule has 1 aromatic heterocycles. The Balaban J connectivity index is 1.23. The molecule has 30 heavy (non-hydrogen) atoms. The fourth-order valence-electron chi connectivity index (χ4n) is 4.35. The lowest BCUT2D eigenvalue weighted by molar-refractivity contribution is -0.134. The van der Waals surface area contributed by atoms with Crippen molar-refractivity contribution in [1.29, 1.82) is 0 Å². The first-order chi connectivity index (χ1) is 14.7. The van der Waals surface area contributed by atoms with Gasteiger partial charge in [0, 0.05) is 32.4 Å². The van der Waals surface area contributed by atoms with Crippen LogP contribution >= 0.6 is 0 Å². The number of anilines is 1. The van der Waals surface area contributed by atoms with E-state index in [1.807, 2.05) is 42.5 Å². The third kappa shape index (κ3) is 4.99. The molecule has 0 atom stereocenters. The average molecular weight is 408 g/mol. The van der Waals surface area contributed by atoms with Crippen LogP contribution in [0.25, 0.3) is 0 Å². The predicted octanol–water partition coefficient (Wildman–Crippen LogP) is 3.63. The zero-order valence-corrected chi connectivity index (χ0v) is 17.3. The zero-order valence-electron chi connectivity index (χ0n) is 17.3. The highest BCUT2D eigenvalue weighted by molar-refractivity contribution is 5.91. The maximum Gasteiger partial charge on any atom is 0.338 e. The molecule has 1 aliphatic heterocycles. The molecule has 0 bridgehead atoms. The van der Waals surface area contributed by atoms with E-state index in [1.54, 1.807) is 11.1 Å². The van der Waals surface area contributed by atoms with Gasteiger partial charge in [0.05, 0.1) is 5.56 Å². The van der Waals surface area contributed by atoms with E-state index in [0.29, 0.717) is 24.6 Å². The van der Waals surface area contributed by atoms with Gasteiger partial charge in [-0.15, -0.1) is 0 Å². The quantitative estimate of drug-likeness (QED) is 0.708. The van der Waals surface area contributed by atoms with Crippen molar-refractivity contribution in [3.05, 3.63) is 59.8 Å². The Morgan fingerprint density at radius 1 is 0.933 bits per heavy atom. The van der Waals surface area contributed by atoms with Crippen LogP contribution in [0.5, 0.6) is 0 Å². The third-order valence-electron chi connectivity index (χ3n) is 6.16. The maximum absolute atomic E-state index is 12.5. The largest absolute Gasteiger partial charge is 0.452 e. The Kier molecular flexibility index (Phi) is 6.62. The maximum atomic E-state index is 12.5. The number of pyridine rings is 1. The number of nitrogens with zero attached hydrogens (tertiary/aromatic N) is 3. The third-order valence-corrected chi connectivity index (χ3v) is 6.16. The van der Waals surface area contributed by atoms with E-state index >= 15 is 0 Å². The lowest BCUT2D eigenvalue weighted by Gasteiger charge is -2.35. The van der Waals surface area contributed by atoms with E-state index in [9.17, 15) is 9.59 Å². The number of aromatic nitrogens is 1. The molecule has 0 spiro atoms. The first kappa shape index (κ1) is 20.4. The van der Waals surface area contributed by atoms with Crippen LogP contribution in [0, 0.1) is 0 Å². The first-order valence-electron chi connectivity index (χ1n) is 10.9. The molecule has 0 radical (unpaired) electrons. The summed E-state index contributed by atoms with van der Waals surface area (Å²) in [5, 5.41) is 0. The number of hydrogen-bond donors (Lipinski definition) is 0. The number of benzene rings is 1. The molecule has 2 aromatic rings. The van der Waals surface area contributed by atoms with Crippen LogP contribution in [0.3, 0.4) is 0 Å². The molecule has 4 rings (SSSR count). The number of esters is 1. The SMILES string of the molecule is O=C(OCC(=O)N1CCN(c2ccccn2)CC1)c1ccc(C2CCCCC2)cc1. The van der Waals surface area contributed by atoms with Gasteiger partial charge in [-0.3, -0.25) is 4.79 Å². The van der Waals surface area contributed by atoms with E-state index in [-0.39, 0.29) is 12.5 Å². The summed E-state index contributed by atoms with van der Waals surface area (Å²) in [5.41, 5.74) is 1.80. The van der Waals surface area contributed by atoms with Gasteiger partial charge in [-0.1, -0.05) is 37.5 Å². The highest BCUT2D eigenvalue weighted by Gasteiger charge is 2.23. The molecule has 0 N–H and O–H groups in total. The summed E-state index contributed by atoms with van der Waals surface area (Å²) in [5.74, 6) is 0.941. The van der Waals surface area contributed by atoms with Gasteiger partial charge < -0.3 is 14.5 Å². The second-order valence-electron chi connectivity index (χ2n) is 8.09. The number of ether oxygens (including phenoxy) is 1. The van der Waals surface area contributed by atoms with Crippen LogP contribution in [0.1, 0.15) is 53.9 Å². The van der Waals surface area contributed by atoms with Crippen molar-refractivity contribution < 1.29 is 14.3 Å². The standard InChI is InChI=1S/C24H29N3O3/c28-23(27-16-14-26(15-17-27)22-8-4-5-13-25-22)18-30-24(29)21-11-9-20(10-12-21)19-6-2-1-3-7-19/h4-5,8-13,19H,1-3,6-7,14-18H2. The highest BCUT2D eigenvalue weighted by atomic mass is 16.5. The highest BCUT2D eigenvalue weighted by Crippen LogP contribution is 2.32. The summed E-state index contributed by atoms with van der Waals surface area (Å²) in [6, 6.07) is 13.5. The molecular weight excluding hydrogens is 378 g/mol. The molecule has 1 aliphatic carbocycles. The lowest BCUT2D eigenvalue weighted by Crippen LogP contribution is -2.50. The molecule has 6 nitrogen and oxygen atoms in total. The first-order valence-corrected chi connectivity index (χ1v) is 10.9. The summed E-state index contributed by atoms with van der Waals surface area (Å²) < 4.78 is 5.28. The van der Waals surface area contributed by atoms with Crippen LogP contribution in [0.4, 0.5) is 5.82 Å². The molecule has 6 heteroatoms. The van der Waals surface area contributed by atoms with Gasteiger partial charge in [0.15, 0.2) is 6.61 Å². The lowest BCUT2D eigenvalue weighted by atomic mass is 9.84. The topological polar surface area (TPSA) is 62.7 Å². The number of amides is 1. The van der Waals surface area contributed by atoms with Crippen molar-refractivity contribution in [2.45, 2.75) is 38.0 Å². The molecule has 1 saturated heterocycles. The monoisotopic (exact) mass is 407 g/mol. The molecule has 2 aliphatic rings. The van der Waals surface area contributed by atoms with Crippen molar-refractivity contribution >= 4 is 17.7 Å². The molecule has 1 saturated carbocycles. The summed E-state index contributed by atoms with van der Waals surface area (Å²) in [4.78, 5) is 33.1. The van der Waals surface area contributed by atoms with E-state index in [2.05, 4.69) is 9.88 Å². The van der Waals surface area contributed by atoms with Crippen molar-refractivity contribution in [2.75, 3.05) is 37.7 Å². The van der Waals surface area contributed by atoms with Crippen molar-refractivity contribution in [3.8, 4) is 0 Å². The Hall–Kier alpha value is -2.89. The number of carbonyl (C=O) groups is 2. The van der Waals surface area contributed by atoms with Crippen LogP contribution in [-0.4, -0.2) is 54.5 Å². The molecule has 2 fully saturated rings. The van der Waals surface area contributed by atoms with Gasteiger partial charge in [-0.05, 0) is 48.6 Å². The van der Waals surface area contributed by atoms with Gasteiger partial charge >= 0.3 is 5.97 Å². The second kappa shape index (κ2) is 9.74. The Morgan fingerprint density at radius 2 is 1.67 bits per heavy atom. The predicted molar refractivity (Wildman–Crippen MR) is 116 cm³/mol. The van der Waals surface area contributed by atoms with Crippen molar-refractivity contribution in [2.24, 2.45) is 0 Å². The minimum Gasteiger partial charge on any atom is -0.452 e. The molecule has 158 valence electrons. The van der Waals surface area contributed by atoms with Crippen molar-refractivity contribution in [3.63, 3.8) is 0 Å². The smallest absolute Gasteiger partial charge is 0.338 e.